The summed E-state index contributed by atoms with van der Waals surface area (Å²) in [6.45, 7) is 6.38. The van der Waals surface area contributed by atoms with Crippen molar-refractivity contribution < 1.29 is 4.79 Å². The van der Waals surface area contributed by atoms with Gasteiger partial charge in [0.1, 0.15) is 5.82 Å². The minimum atomic E-state index is -0.212. The van der Waals surface area contributed by atoms with Crippen molar-refractivity contribution in [2.75, 3.05) is 13.1 Å². The van der Waals surface area contributed by atoms with Crippen molar-refractivity contribution in [3.8, 4) is 0 Å². The van der Waals surface area contributed by atoms with E-state index in [9.17, 15) is 9.59 Å². The van der Waals surface area contributed by atoms with Crippen LogP contribution in [0.4, 0.5) is 0 Å². The molecular weight excluding hydrogens is 342 g/mol. The van der Waals surface area contributed by atoms with Crippen molar-refractivity contribution in [3.63, 3.8) is 0 Å². The third kappa shape index (κ3) is 5.23. The van der Waals surface area contributed by atoms with Gasteiger partial charge in [0.05, 0.1) is 6.42 Å². The first-order chi connectivity index (χ1) is 13.0. The predicted molar refractivity (Wildman–Crippen MR) is 103 cm³/mol. The molecule has 1 atom stereocenters. The highest BCUT2D eigenvalue weighted by molar-refractivity contribution is 5.79. The number of H-pyrrole nitrogens is 1. The lowest BCUT2D eigenvalue weighted by atomic mass is 10.0. The lowest BCUT2D eigenvalue weighted by Gasteiger charge is -2.33. The molecule has 0 bridgehead atoms. The summed E-state index contributed by atoms with van der Waals surface area (Å²) in [5.74, 6) is 0.530. The molecule has 27 heavy (non-hydrogen) atoms. The first-order valence-electron chi connectivity index (χ1n) is 9.54. The molecule has 1 amide bonds. The standard InChI is InChI=1S/C20H27N5O2/c1-3-18-22-14(2)17(20(27)24-18)10-19(26)23-16-7-5-9-25(13-16)12-15-6-4-8-21-11-15/h4,6,8,11,16H,3,5,7,9-10,12-13H2,1-2H3,(H,23,26)(H,22,24,27)/t16-/m0/s1. The van der Waals surface area contributed by atoms with E-state index in [4.69, 9.17) is 0 Å². The number of aryl methyl sites for hydroxylation is 2. The minimum Gasteiger partial charge on any atom is -0.352 e. The Balaban J connectivity index is 1.57. The summed E-state index contributed by atoms with van der Waals surface area (Å²) in [4.78, 5) is 38.3. The monoisotopic (exact) mass is 369 g/mol. The van der Waals surface area contributed by atoms with Crippen LogP contribution in [0, 0.1) is 6.92 Å². The predicted octanol–water partition coefficient (Wildman–Crippen LogP) is 1.36. The van der Waals surface area contributed by atoms with E-state index < -0.39 is 0 Å². The largest absolute Gasteiger partial charge is 0.352 e. The number of piperidine rings is 1. The van der Waals surface area contributed by atoms with Crippen molar-refractivity contribution in [1.29, 1.82) is 0 Å². The molecule has 0 unspecified atom stereocenters. The van der Waals surface area contributed by atoms with E-state index in [1.807, 2.05) is 19.2 Å². The van der Waals surface area contributed by atoms with Gasteiger partial charge in [-0.3, -0.25) is 19.5 Å². The molecule has 0 aromatic carbocycles. The van der Waals surface area contributed by atoms with Gasteiger partial charge in [0.15, 0.2) is 0 Å². The number of hydrogen-bond donors (Lipinski definition) is 2. The third-order valence-corrected chi connectivity index (χ3v) is 4.94. The Morgan fingerprint density at radius 2 is 2.30 bits per heavy atom. The summed E-state index contributed by atoms with van der Waals surface area (Å²) in [5.41, 5.74) is 2.05. The number of carbonyl (C=O) groups excluding carboxylic acids is 1. The molecule has 1 saturated heterocycles. The van der Waals surface area contributed by atoms with Crippen LogP contribution < -0.4 is 10.9 Å². The van der Waals surface area contributed by atoms with Gasteiger partial charge in [0, 0.05) is 49.2 Å². The fraction of sp³-hybridized carbons (Fsp3) is 0.500. The van der Waals surface area contributed by atoms with Crippen molar-refractivity contribution in [2.24, 2.45) is 0 Å². The molecular formula is C20H27N5O2. The van der Waals surface area contributed by atoms with E-state index in [2.05, 4.69) is 31.2 Å². The number of aromatic amines is 1. The van der Waals surface area contributed by atoms with Crippen LogP contribution in [0.25, 0.3) is 0 Å². The van der Waals surface area contributed by atoms with E-state index >= 15 is 0 Å². The molecule has 2 aromatic heterocycles. The van der Waals surface area contributed by atoms with Crippen molar-refractivity contribution in [1.82, 2.24) is 25.2 Å². The van der Waals surface area contributed by atoms with Gasteiger partial charge in [-0.15, -0.1) is 0 Å². The average molecular weight is 369 g/mol. The Hall–Kier alpha value is -2.54. The zero-order valence-corrected chi connectivity index (χ0v) is 16.0. The third-order valence-electron chi connectivity index (χ3n) is 4.94. The molecule has 144 valence electrons. The molecule has 0 spiro atoms. The maximum atomic E-state index is 12.5. The quantitative estimate of drug-likeness (QED) is 0.802. The van der Waals surface area contributed by atoms with Crippen molar-refractivity contribution in [3.05, 3.63) is 57.5 Å². The minimum absolute atomic E-state index is 0.0667. The van der Waals surface area contributed by atoms with Gasteiger partial charge >= 0.3 is 0 Å². The number of rotatable bonds is 6. The Morgan fingerprint density at radius 1 is 1.44 bits per heavy atom. The second kappa shape index (κ2) is 8.90. The summed E-state index contributed by atoms with van der Waals surface area (Å²) >= 11 is 0. The highest BCUT2D eigenvalue weighted by Gasteiger charge is 2.22. The molecule has 7 heteroatoms. The molecule has 1 fully saturated rings. The number of nitrogens with one attached hydrogen (secondary N) is 2. The first kappa shape index (κ1) is 19.2. The maximum Gasteiger partial charge on any atom is 0.254 e. The van der Waals surface area contributed by atoms with Gasteiger partial charge in [0.25, 0.3) is 5.56 Å². The molecule has 1 aliphatic heterocycles. The topological polar surface area (TPSA) is 91.0 Å². The maximum absolute atomic E-state index is 12.5. The van der Waals surface area contributed by atoms with Crippen LogP contribution in [-0.2, 0) is 24.2 Å². The number of pyridine rings is 1. The number of likely N-dealkylation sites (tertiary alicyclic amines) is 1. The molecule has 7 nitrogen and oxygen atoms in total. The van der Waals surface area contributed by atoms with Gasteiger partial charge in [-0.05, 0) is 37.9 Å². The van der Waals surface area contributed by atoms with Crippen LogP contribution in [-0.4, -0.2) is 44.9 Å². The molecule has 0 aliphatic carbocycles. The zero-order chi connectivity index (χ0) is 19.2. The van der Waals surface area contributed by atoms with Crippen LogP contribution in [0.3, 0.4) is 0 Å². The van der Waals surface area contributed by atoms with Gasteiger partial charge in [-0.1, -0.05) is 13.0 Å². The number of carbonyl (C=O) groups is 1. The molecule has 3 heterocycles. The van der Waals surface area contributed by atoms with Crippen LogP contribution in [0.5, 0.6) is 0 Å². The second-order valence-corrected chi connectivity index (χ2v) is 7.11. The summed E-state index contributed by atoms with van der Waals surface area (Å²) in [6, 6.07) is 4.11. The molecule has 3 rings (SSSR count). The van der Waals surface area contributed by atoms with Crippen LogP contribution >= 0.6 is 0 Å². The highest BCUT2D eigenvalue weighted by Crippen LogP contribution is 2.13. The number of aromatic nitrogens is 3. The number of amides is 1. The highest BCUT2D eigenvalue weighted by atomic mass is 16.2. The van der Waals surface area contributed by atoms with Gasteiger partial charge in [-0.25, -0.2) is 4.98 Å². The fourth-order valence-corrected chi connectivity index (χ4v) is 3.55. The fourth-order valence-electron chi connectivity index (χ4n) is 3.55. The molecule has 0 saturated carbocycles. The summed E-state index contributed by atoms with van der Waals surface area (Å²) < 4.78 is 0. The van der Waals surface area contributed by atoms with E-state index in [0.717, 1.165) is 32.5 Å². The van der Waals surface area contributed by atoms with Crippen molar-refractivity contribution in [2.45, 2.75) is 52.1 Å². The SMILES string of the molecule is CCc1nc(C)c(CC(=O)N[C@H]2CCCN(Cc3cccnc3)C2)c(=O)[nH]1. The van der Waals surface area contributed by atoms with Crippen molar-refractivity contribution >= 4 is 5.91 Å². The number of hydrogen-bond acceptors (Lipinski definition) is 5. The van der Waals surface area contributed by atoms with Crippen LogP contribution in [0.1, 0.15) is 42.4 Å². The first-order valence-corrected chi connectivity index (χ1v) is 9.54. The summed E-state index contributed by atoms with van der Waals surface area (Å²) in [6.07, 6.45) is 6.38. The Labute approximate surface area is 159 Å². The number of nitrogens with zero attached hydrogens (tertiary/aromatic N) is 3. The lowest BCUT2D eigenvalue weighted by molar-refractivity contribution is -0.121. The van der Waals surface area contributed by atoms with Gasteiger partial charge in [-0.2, -0.15) is 0 Å². The van der Waals surface area contributed by atoms with E-state index in [-0.39, 0.29) is 23.9 Å². The second-order valence-electron chi connectivity index (χ2n) is 7.11. The Bertz CT molecular complexity index is 834. The zero-order valence-electron chi connectivity index (χ0n) is 16.0. The van der Waals surface area contributed by atoms with E-state index in [0.29, 0.717) is 23.5 Å². The van der Waals surface area contributed by atoms with E-state index in [1.165, 1.54) is 5.56 Å². The normalized spacial score (nSPS) is 17.6. The summed E-state index contributed by atoms with van der Waals surface area (Å²) in [7, 11) is 0. The van der Waals surface area contributed by atoms with Gasteiger partial charge < -0.3 is 10.3 Å². The van der Waals surface area contributed by atoms with Gasteiger partial charge in [0.2, 0.25) is 5.91 Å². The molecule has 0 radical (unpaired) electrons. The molecule has 2 aromatic rings. The Morgan fingerprint density at radius 3 is 3.00 bits per heavy atom. The molecule has 2 N–H and O–H groups in total. The summed E-state index contributed by atoms with van der Waals surface area (Å²) in [5, 5.41) is 3.09. The van der Waals surface area contributed by atoms with Crippen LogP contribution in [0.2, 0.25) is 0 Å². The Kier molecular flexibility index (Phi) is 6.34. The average Bonchev–Trinajstić information content (AvgIpc) is 2.65. The van der Waals surface area contributed by atoms with E-state index in [1.54, 1.807) is 13.1 Å². The smallest absolute Gasteiger partial charge is 0.254 e. The lowest BCUT2D eigenvalue weighted by Crippen LogP contribution is -2.48. The van der Waals surface area contributed by atoms with Crippen LogP contribution in [0.15, 0.2) is 29.3 Å². The molecule has 1 aliphatic rings.